The molecular formula is C14H26O. The van der Waals surface area contributed by atoms with Gasteiger partial charge >= 0.3 is 0 Å². The Bertz CT molecular complexity index is 239. The van der Waals surface area contributed by atoms with Gasteiger partial charge in [-0.15, -0.1) is 0 Å². The second kappa shape index (κ2) is 3.93. The van der Waals surface area contributed by atoms with Crippen LogP contribution in [0.5, 0.6) is 0 Å². The van der Waals surface area contributed by atoms with Gasteiger partial charge in [0.05, 0.1) is 12.7 Å². The molecule has 1 fully saturated rings. The van der Waals surface area contributed by atoms with Gasteiger partial charge in [0.25, 0.3) is 0 Å². The Kier molecular flexibility index (Phi) is 3.35. The molecule has 0 aromatic rings. The highest BCUT2D eigenvalue weighted by Gasteiger charge is 2.41. The number of rotatable bonds is 0. The Morgan fingerprint density at radius 3 is 2.00 bits per heavy atom. The molecule has 2 unspecified atom stereocenters. The summed E-state index contributed by atoms with van der Waals surface area (Å²) in [6.45, 7) is 18.5. The van der Waals surface area contributed by atoms with Gasteiger partial charge in [-0.2, -0.15) is 0 Å². The first kappa shape index (κ1) is 12.8. The van der Waals surface area contributed by atoms with E-state index < -0.39 is 0 Å². The van der Waals surface area contributed by atoms with Crippen LogP contribution in [-0.2, 0) is 4.74 Å². The van der Waals surface area contributed by atoms with Gasteiger partial charge in [0.15, 0.2) is 0 Å². The van der Waals surface area contributed by atoms with Gasteiger partial charge < -0.3 is 4.74 Å². The number of hydrogen-bond acceptors (Lipinski definition) is 1. The molecule has 1 nitrogen and oxygen atoms in total. The summed E-state index contributed by atoms with van der Waals surface area (Å²) in [7, 11) is 0. The Morgan fingerprint density at radius 2 is 1.60 bits per heavy atom. The van der Waals surface area contributed by atoms with Crippen molar-refractivity contribution in [3.05, 3.63) is 12.2 Å². The third kappa shape index (κ3) is 3.07. The van der Waals surface area contributed by atoms with E-state index in [2.05, 4.69) is 48.1 Å². The zero-order valence-electron chi connectivity index (χ0n) is 11.2. The Hall–Kier alpha value is -0.300. The lowest BCUT2D eigenvalue weighted by atomic mass is 9.66. The van der Waals surface area contributed by atoms with Crippen molar-refractivity contribution in [2.45, 2.75) is 54.1 Å². The van der Waals surface area contributed by atoms with E-state index in [-0.39, 0.29) is 5.41 Å². The summed E-state index contributed by atoms with van der Waals surface area (Å²) in [6.07, 6.45) is 1.47. The third-order valence-corrected chi connectivity index (χ3v) is 3.31. The van der Waals surface area contributed by atoms with Gasteiger partial charge in [0.2, 0.25) is 0 Å². The van der Waals surface area contributed by atoms with Gasteiger partial charge in [-0.1, -0.05) is 53.7 Å². The van der Waals surface area contributed by atoms with Crippen molar-refractivity contribution >= 4 is 0 Å². The maximum atomic E-state index is 5.99. The normalized spacial score (nSPS) is 29.3. The van der Waals surface area contributed by atoms with Crippen LogP contribution < -0.4 is 0 Å². The molecule has 0 aromatic heterocycles. The second-order valence-corrected chi connectivity index (χ2v) is 7.02. The molecule has 88 valence electrons. The summed E-state index contributed by atoms with van der Waals surface area (Å²) in [4.78, 5) is 0. The molecule has 0 amide bonds. The van der Waals surface area contributed by atoms with Crippen LogP contribution in [0.3, 0.4) is 0 Å². The molecule has 2 atom stereocenters. The molecule has 0 spiro atoms. The maximum Gasteiger partial charge on any atom is 0.0678 e. The van der Waals surface area contributed by atoms with Gasteiger partial charge in [0, 0.05) is 0 Å². The van der Waals surface area contributed by atoms with Crippen LogP contribution in [-0.4, -0.2) is 12.7 Å². The molecule has 0 saturated carbocycles. The molecule has 1 aliphatic heterocycles. The molecule has 15 heavy (non-hydrogen) atoms. The molecule has 1 aliphatic rings. The summed E-state index contributed by atoms with van der Waals surface area (Å²) in [6, 6.07) is 0. The topological polar surface area (TPSA) is 9.23 Å². The smallest absolute Gasteiger partial charge is 0.0678 e. The SMILES string of the molecule is C=C1COC(C(C)(C)C)C(C(C)(C)C)C1. The molecule has 1 saturated heterocycles. The van der Waals surface area contributed by atoms with E-state index in [1.54, 1.807) is 0 Å². The minimum Gasteiger partial charge on any atom is -0.373 e. The molecule has 0 radical (unpaired) electrons. The van der Waals surface area contributed by atoms with Crippen LogP contribution in [0, 0.1) is 16.7 Å². The Labute approximate surface area is 94.9 Å². The highest BCUT2D eigenvalue weighted by Crippen LogP contribution is 2.44. The highest BCUT2D eigenvalue weighted by molar-refractivity contribution is 5.05. The average molecular weight is 210 g/mol. The molecular weight excluding hydrogens is 184 g/mol. The summed E-state index contributed by atoms with van der Waals surface area (Å²) < 4.78 is 5.99. The van der Waals surface area contributed by atoms with E-state index in [0.29, 0.717) is 17.4 Å². The summed E-state index contributed by atoms with van der Waals surface area (Å²) >= 11 is 0. The summed E-state index contributed by atoms with van der Waals surface area (Å²) in [5, 5.41) is 0. The zero-order chi connectivity index (χ0) is 11.9. The molecule has 1 heteroatoms. The van der Waals surface area contributed by atoms with Crippen LogP contribution >= 0.6 is 0 Å². The van der Waals surface area contributed by atoms with Crippen LogP contribution in [0.1, 0.15) is 48.0 Å². The van der Waals surface area contributed by atoms with E-state index in [9.17, 15) is 0 Å². The van der Waals surface area contributed by atoms with Crippen molar-refractivity contribution in [3.63, 3.8) is 0 Å². The van der Waals surface area contributed by atoms with Gasteiger partial charge in [-0.3, -0.25) is 0 Å². The van der Waals surface area contributed by atoms with Crippen LogP contribution in [0.2, 0.25) is 0 Å². The summed E-state index contributed by atoms with van der Waals surface area (Å²) in [5.74, 6) is 0.582. The van der Waals surface area contributed by atoms with E-state index in [4.69, 9.17) is 4.74 Å². The Morgan fingerprint density at radius 1 is 1.07 bits per heavy atom. The molecule has 0 N–H and O–H groups in total. The van der Waals surface area contributed by atoms with Crippen LogP contribution in [0.4, 0.5) is 0 Å². The second-order valence-electron chi connectivity index (χ2n) is 7.02. The first-order valence-electron chi connectivity index (χ1n) is 5.90. The van der Waals surface area contributed by atoms with Crippen molar-refractivity contribution in [3.8, 4) is 0 Å². The molecule has 1 rings (SSSR count). The Balaban J connectivity index is 2.90. The molecule has 1 heterocycles. The minimum atomic E-state index is 0.221. The predicted octanol–water partition coefficient (Wildman–Crippen LogP) is 4.04. The quantitative estimate of drug-likeness (QED) is 0.548. The monoisotopic (exact) mass is 210 g/mol. The molecule has 0 aromatic carbocycles. The lowest BCUT2D eigenvalue weighted by Crippen LogP contribution is -2.45. The van der Waals surface area contributed by atoms with Crippen molar-refractivity contribution in [2.24, 2.45) is 16.7 Å². The van der Waals surface area contributed by atoms with Crippen LogP contribution in [0.15, 0.2) is 12.2 Å². The fraction of sp³-hybridized carbons (Fsp3) is 0.857. The zero-order valence-corrected chi connectivity index (χ0v) is 11.2. The third-order valence-electron chi connectivity index (χ3n) is 3.31. The summed E-state index contributed by atoms with van der Waals surface area (Å²) in [5.41, 5.74) is 1.76. The highest BCUT2D eigenvalue weighted by atomic mass is 16.5. The van der Waals surface area contributed by atoms with Crippen LogP contribution in [0.25, 0.3) is 0 Å². The van der Waals surface area contributed by atoms with Crippen molar-refractivity contribution < 1.29 is 4.74 Å². The van der Waals surface area contributed by atoms with E-state index >= 15 is 0 Å². The van der Waals surface area contributed by atoms with E-state index in [1.165, 1.54) is 5.57 Å². The van der Waals surface area contributed by atoms with Crippen molar-refractivity contribution in [1.82, 2.24) is 0 Å². The lowest BCUT2D eigenvalue weighted by Gasteiger charge is -2.46. The lowest BCUT2D eigenvalue weighted by molar-refractivity contribution is -0.0958. The van der Waals surface area contributed by atoms with Gasteiger partial charge in [-0.25, -0.2) is 0 Å². The van der Waals surface area contributed by atoms with Gasteiger partial charge in [-0.05, 0) is 23.2 Å². The first-order chi connectivity index (χ1) is 6.62. The predicted molar refractivity (Wildman–Crippen MR) is 65.9 cm³/mol. The largest absolute Gasteiger partial charge is 0.373 e. The minimum absolute atomic E-state index is 0.221. The fourth-order valence-corrected chi connectivity index (χ4v) is 2.41. The molecule has 0 aliphatic carbocycles. The van der Waals surface area contributed by atoms with E-state index in [0.717, 1.165) is 13.0 Å². The standard InChI is InChI=1S/C14H26O/c1-10-8-11(13(2,3)4)12(15-9-10)14(5,6)7/h11-12H,1,8-9H2,2-7H3. The number of hydrogen-bond donors (Lipinski definition) is 0. The first-order valence-corrected chi connectivity index (χ1v) is 5.90. The maximum absolute atomic E-state index is 5.99. The van der Waals surface area contributed by atoms with E-state index in [1.807, 2.05) is 0 Å². The van der Waals surface area contributed by atoms with Crippen molar-refractivity contribution in [2.75, 3.05) is 6.61 Å². The average Bonchev–Trinajstić information content (AvgIpc) is 2.00. The number of ether oxygens (including phenoxy) is 1. The van der Waals surface area contributed by atoms with Crippen molar-refractivity contribution in [1.29, 1.82) is 0 Å². The molecule has 0 bridgehead atoms. The fourth-order valence-electron chi connectivity index (χ4n) is 2.41. The van der Waals surface area contributed by atoms with Gasteiger partial charge in [0.1, 0.15) is 0 Å².